The molecule has 0 radical (unpaired) electrons. The van der Waals surface area contributed by atoms with E-state index in [1.807, 2.05) is 54.6 Å². The molecule has 102 valence electrons. The Morgan fingerprint density at radius 2 is 1.62 bits per heavy atom. The van der Waals surface area contributed by atoms with Crippen LogP contribution in [0, 0.1) is 11.3 Å². The lowest BCUT2D eigenvalue weighted by Gasteiger charge is -2.08. The molecule has 0 aliphatic carbocycles. The summed E-state index contributed by atoms with van der Waals surface area (Å²) in [7, 11) is 0. The summed E-state index contributed by atoms with van der Waals surface area (Å²) in [5.74, 6) is 0. The second kappa shape index (κ2) is 5.61. The molecule has 21 heavy (non-hydrogen) atoms. The molecule has 0 fully saturated rings. The minimum atomic E-state index is 0.583. The van der Waals surface area contributed by atoms with Crippen molar-refractivity contribution >= 4 is 27.9 Å². The van der Waals surface area contributed by atoms with Crippen LogP contribution in [0.25, 0.3) is 22.3 Å². The van der Waals surface area contributed by atoms with Gasteiger partial charge in [-0.25, -0.2) is 0 Å². The summed E-state index contributed by atoms with van der Waals surface area (Å²) in [5.41, 5.74) is 9.68. The van der Waals surface area contributed by atoms with Crippen LogP contribution in [0.1, 0.15) is 4.88 Å². The normalized spacial score (nSPS) is 10.3. The molecular weight excluding hydrogens is 300 g/mol. The van der Waals surface area contributed by atoms with E-state index < -0.39 is 0 Å². The lowest BCUT2D eigenvalue weighted by molar-refractivity contribution is 1.52. The zero-order chi connectivity index (χ0) is 14.8. The molecule has 0 spiro atoms. The molecule has 3 rings (SSSR count). The van der Waals surface area contributed by atoms with Crippen molar-refractivity contribution in [2.45, 2.75) is 0 Å². The molecule has 0 saturated heterocycles. The fraction of sp³-hybridized carbons (Fsp3) is 0. The van der Waals surface area contributed by atoms with E-state index in [0.717, 1.165) is 22.3 Å². The highest BCUT2D eigenvalue weighted by molar-refractivity contribution is 7.17. The topological polar surface area (TPSA) is 49.8 Å². The van der Waals surface area contributed by atoms with Gasteiger partial charge in [0.1, 0.15) is 10.9 Å². The number of halogens is 1. The van der Waals surface area contributed by atoms with Crippen LogP contribution in [0.15, 0.2) is 54.6 Å². The van der Waals surface area contributed by atoms with E-state index in [9.17, 15) is 5.26 Å². The number of thiophene rings is 1. The fourth-order valence-electron chi connectivity index (χ4n) is 2.34. The molecule has 0 bridgehead atoms. The highest BCUT2D eigenvalue weighted by atomic mass is 35.5. The van der Waals surface area contributed by atoms with Crippen LogP contribution in [-0.4, -0.2) is 0 Å². The predicted molar refractivity (Wildman–Crippen MR) is 89.3 cm³/mol. The Morgan fingerprint density at radius 3 is 2.29 bits per heavy atom. The van der Waals surface area contributed by atoms with Gasteiger partial charge in [-0.2, -0.15) is 5.26 Å². The van der Waals surface area contributed by atoms with Gasteiger partial charge >= 0.3 is 0 Å². The number of hydrogen-bond donors (Lipinski definition) is 1. The van der Waals surface area contributed by atoms with Gasteiger partial charge in [-0.3, -0.25) is 0 Å². The van der Waals surface area contributed by atoms with E-state index in [1.54, 1.807) is 0 Å². The van der Waals surface area contributed by atoms with E-state index in [2.05, 4.69) is 6.07 Å². The van der Waals surface area contributed by atoms with Gasteiger partial charge in [0.2, 0.25) is 0 Å². The number of anilines is 1. The maximum Gasteiger partial charge on any atom is 0.115 e. The van der Waals surface area contributed by atoms with Gasteiger partial charge in [-0.15, -0.1) is 11.3 Å². The molecule has 0 aliphatic rings. The number of rotatable bonds is 2. The Morgan fingerprint density at radius 1 is 0.952 bits per heavy atom. The summed E-state index contributed by atoms with van der Waals surface area (Å²) >= 11 is 7.61. The average molecular weight is 311 g/mol. The largest absolute Gasteiger partial charge is 0.390 e. The van der Waals surface area contributed by atoms with Crippen LogP contribution in [0.3, 0.4) is 0 Å². The minimum Gasteiger partial charge on any atom is -0.390 e. The summed E-state index contributed by atoms with van der Waals surface area (Å²) < 4.78 is 0. The van der Waals surface area contributed by atoms with Crippen molar-refractivity contribution in [2.75, 3.05) is 5.73 Å². The molecule has 0 atom stereocenters. The van der Waals surface area contributed by atoms with Crippen molar-refractivity contribution in [3.8, 4) is 28.3 Å². The second-order valence-electron chi connectivity index (χ2n) is 4.50. The standard InChI is InChI=1S/C17H11ClN2S/c18-13-9-5-4-8-12(13)16-14(10-19)21-17(20)15(16)11-6-2-1-3-7-11/h1-9H,20H2. The first kappa shape index (κ1) is 13.7. The molecule has 3 aromatic rings. The van der Waals surface area contributed by atoms with E-state index in [-0.39, 0.29) is 0 Å². The van der Waals surface area contributed by atoms with Crippen molar-refractivity contribution in [1.82, 2.24) is 0 Å². The minimum absolute atomic E-state index is 0.583. The Kier molecular flexibility index (Phi) is 3.66. The quantitative estimate of drug-likeness (QED) is 0.708. The van der Waals surface area contributed by atoms with Crippen molar-refractivity contribution in [3.63, 3.8) is 0 Å². The van der Waals surface area contributed by atoms with Gasteiger partial charge in [0.25, 0.3) is 0 Å². The van der Waals surface area contributed by atoms with Crippen LogP contribution in [0.5, 0.6) is 0 Å². The number of nitrogen functional groups attached to an aromatic ring is 1. The first-order valence-electron chi connectivity index (χ1n) is 6.35. The molecule has 2 nitrogen and oxygen atoms in total. The Balaban J connectivity index is 2.35. The third-order valence-corrected chi connectivity index (χ3v) is 4.50. The summed E-state index contributed by atoms with van der Waals surface area (Å²) in [6.45, 7) is 0. The average Bonchev–Trinajstić information content (AvgIpc) is 2.85. The van der Waals surface area contributed by atoms with Crippen molar-refractivity contribution in [3.05, 3.63) is 64.5 Å². The van der Waals surface area contributed by atoms with Crippen molar-refractivity contribution < 1.29 is 0 Å². The number of hydrogen-bond acceptors (Lipinski definition) is 3. The molecule has 1 heterocycles. The maximum absolute atomic E-state index is 9.42. The molecule has 2 N–H and O–H groups in total. The highest BCUT2D eigenvalue weighted by Gasteiger charge is 2.20. The smallest absolute Gasteiger partial charge is 0.115 e. The summed E-state index contributed by atoms with van der Waals surface area (Å²) in [6.07, 6.45) is 0. The van der Waals surface area contributed by atoms with Gasteiger partial charge in [-0.1, -0.05) is 60.1 Å². The summed E-state index contributed by atoms with van der Waals surface area (Å²) in [4.78, 5) is 0.583. The number of nitrogens with two attached hydrogens (primary N) is 1. The lowest BCUT2D eigenvalue weighted by atomic mass is 9.96. The van der Waals surface area contributed by atoms with E-state index in [1.165, 1.54) is 11.3 Å². The third-order valence-electron chi connectivity index (χ3n) is 3.24. The highest BCUT2D eigenvalue weighted by Crippen LogP contribution is 2.46. The summed E-state index contributed by atoms with van der Waals surface area (Å²) in [6, 6.07) is 19.6. The molecule has 4 heteroatoms. The SMILES string of the molecule is N#Cc1sc(N)c(-c2ccccc2)c1-c1ccccc1Cl. The van der Waals surface area contributed by atoms with Gasteiger partial charge in [-0.05, 0) is 11.6 Å². The van der Waals surface area contributed by atoms with Crippen molar-refractivity contribution in [2.24, 2.45) is 0 Å². The molecule has 1 aromatic heterocycles. The van der Waals surface area contributed by atoms with Gasteiger partial charge < -0.3 is 5.73 Å². The van der Waals surface area contributed by atoms with Crippen LogP contribution in [0.2, 0.25) is 5.02 Å². The van der Waals surface area contributed by atoms with E-state index in [4.69, 9.17) is 17.3 Å². The zero-order valence-electron chi connectivity index (χ0n) is 11.0. The Labute approximate surface area is 132 Å². The fourth-order valence-corrected chi connectivity index (χ4v) is 3.47. The molecule has 0 amide bonds. The van der Waals surface area contributed by atoms with Crippen LogP contribution >= 0.6 is 22.9 Å². The monoisotopic (exact) mass is 310 g/mol. The molecule has 2 aromatic carbocycles. The second-order valence-corrected chi connectivity index (χ2v) is 5.96. The molecule has 0 aliphatic heterocycles. The van der Waals surface area contributed by atoms with Gasteiger partial charge in [0.15, 0.2) is 0 Å². The maximum atomic E-state index is 9.42. The number of nitriles is 1. The zero-order valence-corrected chi connectivity index (χ0v) is 12.6. The molecule has 0 unspecified atom stereocenters. The Bertz CT molecular complexity index is 832. The lowest BCUT2D eigenvalue weighted by Crippen LogP contribution is -1.88. The molecule has 0 saturated carbocycles. The summed E-state index contributed by atoms with van der Waals surface area (Å²) in [5, 5.41) is 10.7. The van der Waals surface area contributed by atoms with Gasteiger partial charge in [0, 0.05) is 21.7 Å². The van der Waals surface area contributed by atoms with Crippen LogP contribution in [-0.2, 0) is 0 Å². The van der Waals surface area contributed by atoms with Crippen molar-refractivity contribution in [1.29, 1.82) is 5.26 Å². The van der Waals surface area contributed by atoms with E-state index in [0.29, 0.717) is 14.9 Å². The molecular formula is C17H11ClN2S. The van der Waals surface area contributed by atoms with Crippen LogP contribution < -0.4 is 5.73 Å². The predicted octanol–water partition coefficient (Wildman–Crippen LogP) is 5.19. The number of benzene rings is 2. The van der Waals surface area contributed by atoms with Gasteiger partial charge in [0.05, 0.1) is 5.00 Å². The van der Waals surface area contributed by atoms with Crippen LogP contribution in [0.4, 0.5) is 5.00 Å². The first-order chi connectivity index (χ1) is 10.2. The Hall–Kier alpha value is -2.28. The first-order valence-corrected chi connectivity index (χ1v) is 7.54. The third kappa shape index (κ3) is 2.40. The number of nitrogens with zero attached hydrogens (tertiary/aromatic N) is 1. The van der Waals surface area contributed by atoms with E-state index >= 15 is 0 Å².